The van der Waals surface area contributed by atoms with Gasteiger partial charge in [0.2, 0.25) is 0 Å². The van der Waals surface area contributed by atoms with E-state index in [0.29, 0.717) is 0 Å². The number of carboxylic acids is 1. The summed E-state index contributed by atoms with van der Waals surface area (Å²) >= 11 is 0. The lowest BCUT2D eigenvalue weighted by Crippen LogP contribution is -2.12. The van der Waals surface area contributed by atoms with Gasteiger partial charge in [-0.1, -0.05) is 0 Å². The van der Waals surface area contributed by atoms with Crippen LogP contribution in [-0.2, 0) is 0 Å². The fourth-order valence-corrected chi connectivity index (χ4v) is 0.949. The number of nitrogen functional groups attached to an aromatic ring is 1. The van der Waals surface area contributed by atoms with Crippen LogP contribution < -0.4 is 11.3 Å². The number of nitrogens with two attached hydrogens (primary N) is 1. The van der Waals surface area contributed by atoms with E-state index in [9.17, 15) is 14.9 Å². The third-order valence-electron chi connectivity index (χ3n) is 1.60. The lowest BCUT2D eigenvalue weighted by atomic mass is 10.1. The normalized spacial score (nSPS) is 8.87. The maximum Gasteiger partial charge on any atom is 0.338 e. The van der Waals surface area contributed by atoms with Crippen molar-refractivity contribution in [2.24, 2.45) is 5.84 Å². The van der Waals surface area contributed by atoms with Gasteiger partial charge in [0.25, 0.3) is 5.69 Å². The number of nitrogens with zero attached hydrogens (tertiary/aromatic N) is 1. The Labute approximate surface area is 90.4 Å². The zero-order valence-electron chi connectivity index (χ0n) is 7.34. The molecule has 8 heteroatoms. The van der Waals surface area contributed by atoms with Crippen LogP contribution in [0.25, 0.3) is 0 Å². The van der Waals surface area contributed by atoms with Gasteiger partial charge in [0.15, 0.2) is 0 Å². The zero-order chi connectivity index (χ0) is 10.7. The Bertz CT molecular complexity index is 396. The molecule has 0 atom stereocenters. The van der Waals surface area contributed by atoms with Gasteiger partial charge in [0, 0.05) is 12.1 Å². The van der Waals surface area contributed by atoms with Crippen LogP contribution >= 0.6 is 12.4 Å². The summed E-state index contributed by atoms with van der Waals surface area (Å²) in [6.07, 6.45) is 0. The van der Waals surface area contributed by atoms with Crippen LogP contribution in [0.2, 0.25) is 0 Å². The van der Waals surface area contributed by atoms with Crippen molar-refractivity contribution in [3.63, 3.8) is 0 Å². The molecule has 0 heterocycles. The van der Waals surface area contributed by atoms with Crippen LogP contribution in [0.3, 0.4) is 0 Å². The number of anilines is 1. The van der Waals surface area contributed by atoms with E-state index >= 15 is 0 Å². The molecule has 0 aliphatic rings. The molecule has 1 aromatic carbocycles. The van der Waals surface area contributed by atoms with Crippen LogP contribution in [0.4, 0.5) is 11.4 Å². The highest BCUT2D eigenvalue weighted by Crippen LogP contribution is 2.21. The Morgan fingerprint density at radius 2 is 2.13 bits per heavy atom. The topological polar surface area (TPSA) is 118 Å². The van der Waals surface area contributed by atoms with Crippen molar-refractivity contribution >= 4 is 29.8 Å². The van der Waals surface area contributed by atoms with Crippen LogP contribution in [0.5, 0.6) is 0 Å². The fraction of sp³-hybridized carbons (Fsp3) is 0. The van der Waals surface area contributed by atoms with Gasteiger partial charge in [0.1, 0.15) is 0 Å². The second-order valence-electron chi connectivity index (χ2n) is 2.44. The largest absolute Gasteiger partial charge is 0.478 e. The molecule has 7 nitrogen and oxygen atoms in total. The maximum atomic E-state index is 10.6. The second kappa shape index (κ2) is 5.13. The summed E-state index contributed by atoms with van der Waals surface area (Å²) in [6.45, 7) is 0. The molecule has 82 valence electrons. The number of nitrogens with one attached hydrogen (secondary N) is 1. The quantitative estimate of drug-likeness (QED) is 0.407. The van der Waals surface area contributed by atoms with Crippen molar-refractivity contribution in [1.82, 2.24) is 0 Å². The summed E-state index contributed by atoms with van der Waals surface area (Å²) in [4.78, 5) is 20.3. The molecule has 1 rings (SSSR count). The van der Waals surface area contributed by atoms with E-state index in [1.165, 1.54) is 12.1 Å². The number of non-ortho nitro benzene ring substituents is 1. The Balaban J connectivity index is 0.00000196. The molecule has 0 fully saturated rings. The number of rotatable bonds is 3. The first-order valence-electron chi connectivity index (χ1n) is 3.54. The summed E-state index contributed by atoms with van der Waals surface area (Å²) in [5.74, 6) is 3.76. The second-order valence-corrected chi connectivity index (χ2v) is 2.44. The highest BCUT2D eigenvalue weighted by Gasteiger charge is 2.14. The molecule has 0 aliphatic carbocycles. The SMILES string of the molecule is Cl.NNc1ccc([N+](=O)[O-])cc1C(=O)O. The fourth-order valence-electron chi connectivity index (χ4n) is 0.949. The van der Waals surface area contributed by atoms with E-state index < -0.39 is 10.9 Å². The molecule has 0 radical (unpaired) electrons. The number of hydrazine groups is 1. The van der Waals surface area contributed by atoms with Crippen molar-refractivity contribution in [2.45, 2.75) is 0 Å². The van der Waals surface area contributed by atoms with Crippen molar-refractivity contribution in [1.29, 1.82) is 0 Å². The van der Waals surface area contributed by atoms with Gasteiger partial charge in [-0.15, -0.1) is 12.4 Å². The van der Waals surface area contributed by atoms with E-state index in [1.807, 2.05) is 0 Å². The summed E-state index contributed by atoms with van der Waals surface area (Å²) in [5.41, 5.74) is 1.74. The molecular formula is C7H8ClN3O4. The molecule has 0 aromatic heterocycles. The van der Waals surface area contributed by atoms with E-state index in [-0.39, 0.29) is 29.3 Å². The average Bonchev–Trinajstić information content (AvgIpc) is 2.16. The molecule has 0 saturated carbocycles. The number of halogens is 1. The van der Waals surface area contributed by atoms with Crippen molar-refractivity contribution in [3.05, 3.63) is 33.9 Å². The van der Waals surface area contributed by atoms with E-state index in [1.54, 1.807) is 0 Å². The predicted octanol–water partition coefficient (Wildman–Crippen LogP) is 1.00. The highest BCUT2D eigenvalue weighted by molar-refractivity contribution is 5.94. The van der Waals surface area contributed by atoms with Crippen LogP contribution in [-0.4, -0.2) is 16.0 Å². The standard InChI is InChI=1S/C7H7N3O4.ClH/c8-9-6-2-1-4(10(13)14)3-5(6)7(11)12;/h1-3,9H,8H2,(H,11,12);1H. The first kappa shape index (κ1) is 13.1. The van der Waals surface area contributed by atoms with Crippen molar-refractivity contribution in [3.8, 4) is 0 Å². The molecule has 0 spiro atoms. The summed E-state index contributed by atoms with van der Waals surface area (Å²) in [6, 6.07) is 3.35. The summed E-state index contributed by atoms with van der Waals surface area (Å²) in [5, 5.41) is 19.0. The summed E-state index contributed by atoms with van der Waals surface area (Å²) in [7, 11) is 0. The van der Waals surface area contributed by atoms with E-state index in [4.69, 9.17) is 10.9 Å². The monoisotopic (exact) mass is 233 g/mol. The molecule has 0 unspecified atom stereocenters. The van der Waals surface area contributed by atoms with Crippen LogP contribution in [0.15, 0.2) is 18.2 Å². The molecule has 15 heavy (non-hydrogen) atoms. The Kier molecular flexibility index (Phi) is 4.49. The number of hydrogen-bond acceptors (Lipinski definition) is 5. The number of aromatic carboxylic acids is 1. The third kappa shape index (κ3) is 2.79. The molecule has 0 saturated heterocycles. The van der Waals surface area contributed by atoms with Gasteiger partial charge in [-0.25, -0.2) is 4.79 Å². The van der Waals surface area contributed by atoms with Gasteiger partial charge in [-0.05, 0) is 6.07 Å². The Morgan fingerprint density at radius 1 is 1.53 bits per heavy atom. The lowest BCUT2D eigenvalue weighted by molar-refractivity contribution is -0.384. The van der Waals surface area contributed by atoms with Crippen LogP contribution in [0, 0.1) is 10.1 Å². The van der Waals surface area contributed by atoms with E-state index in [2.05, 4.69) is 5.43 Å². The van der Waals surface area contributed by atoms with Crippen molar-refractivity contribution < 1.29 is 14.8 Å². The highest BCUT2D eigenvalue weighted by atomic mass is 35.5. The number of hydrogen-bond donors (Lipinski definition) is 3. The third-order valence-corrected chi connectivity index (χ3v) is 1.60. The zero-order valence-corrected chi connectivity index (χ0v) is 8.15. The smallest absolute Gasteiger partial charge is 0.338 e. The molecule has 4 N–H and O–H groups in total. The molecule has 0 amide bonds. The first-order valence-corrected chi connectivity index (χ1v) is 3.54. The Morgan fingerprint density at radius 3 is 2.53 bits per heavy atom. The average molecular weight is 234 g/mol. The van der Waals surface area contributed by atoms with Gasteiger partial charge in [0.05, 0.1) is 16.2 Å². The summed E-state index contributed by atoms with van der Waals surface area (Å²) < 4.78 is 0. The van der Waals surface area contributed by atoms with Gasteiger partial charge in [-0.3, -0.25) is 16.0 Å². The molecular weight excluding hydrogens is 226 g/mol. The predicted molar refractivity (Wildman–Crippen MR) is 55.1 cm³/mol. The minimum absolute atomic E-state index is 0. The molecule has 0 aliphatic heterocycles. The van der Waals surface area contributed by atoms with Crippen LogP contribution in [0.1, 0.15) is 10.4 Å². The number of nitro benzene ring substituents is 1. The van der Waals surface area contributed by atoms with Gasteiger partial charge < -0.3 is 10.5 Å². The minimum atomic E-state index is -1.28. The Hall–Kier alpha value is -1.86. The number of nitro groups is 1. The number of carboxylic acid groups (broad SMARTS) is 1. The lowest BCUT2D eigenvalue weighted by Gasteiger charge is -2.03. The minimum Gasteiger partial charge on any atom is -0.478 e. The first-order chi connectivity index (χ1) is 6.56. The van der Waals surface area contributed by atoms with Gasteiger partial charge >= 0.3 is 5.97 Å². The maximum absolute atomic E-state index is 10.6. The van der Waals surface area contributed by atoms with Crippen molar-refractivity contribution in [2.75, 3.05) is 5.43 Å². The van der Waals surface area contributed by atoms with E-state index in [0.717, 1.165) is 6.07 Å². The molecule has 0 bridgehead atoms. The number of carbonyl (C=O) groups is 1. The number of benzene rings is 1. The van der Waals surface area contributed by atoms with Gasteiger partial charge in [-0.2, -0.15) is 0 Å². The molecule has 1 aromatic rings.